The van der Waals surface area contributed by atoms with Crippen LogP contribution in [-0.2, 0) is 16.1 Å². The average molecular weight is 228 g/mol. The lowest BCUT2D eigenvalue weighted by Crippen LogP contribution is -2.06. The number of ether oxygens (including phenoxy) is 1. The molecule has 0 saturated heterocycles. The lowest BCUT2D eigenvalue weighted by Gasteiger charge is -2.05. The molecule has 0 aliphatic carbocycles. The second kappa shape index (κ2) is 6.51. The molecule has 1 aromatic rings. The Kier molecular flexibility index (Phi) is 5.26. The molecule has 0 atom stereocenters. The van der Waals surface area contributed by atoms with E-state index in [1.54, 1.807) is 0 Å². The van der Waals surface area contributed by atoms with Crippen LogP contribution >= 0.6 is 8.38 Å². The van der Waals surface area contributed by atoms with Crippen LogP contribution in [0.25, 0.3) is 0 Å². The molecule has 0 amide bonds. The number of hydrogen-bond acceptors (Lipinski definition) is 4. The fourth-order valence-electron chi connectivity index (χ4n) is 1.00. The third-order valence-electron chi connectivity index (χ3n) is 1.76. The van der Waals surface area contributed by atoms with Gasteiger partial charge in [0.05, 0.1) is 6.42 Å². The van der Waals surface area contributed by atoms with E-state index in [4.69, 9.17) is 14.5 Å². The van der Waals surface area contributed by atoms with E-state index in [1.807, 2.05) is 30.3 Å². The van der Waals surface area contributed by atoms with Crippen LogP contribution in [0.2, 0.25) is 0 Å². The zero-order valence-electron chi connectivity index (χ0n) is 8.17. The van der Waals surface area contributed by atoms with Crippen LogP contribution in [0, 0.1) is 0 Å². The molecule has 0 unspecified atom stereocenters. The Bertz CT molecular complexity index is 300. The van der Waals surface area contributed by atoms with Gasteiger partial charge in [-0.25, -0.2) is 0 Å². The standard InChI is InChI=1S/C10H13O4P/c11-10(6-7-15(12)13)14-8-9-4-2-1-3-5-9/h1-5,12-13H,6-8H2. The molecule has 2 N–H and O–H groups in total. The molecule has 5 heteroatoms. The predicted octanol–water partition coefficient (Wildman–Crippen LogP) is 1.42. The fraction of sp³-hybridized carbons (Fsp3) is 0.300. The van der Waals surface area contributed by atoms with Gasteiger partial charge < -0.3 is 14.5 Å². The molecule has 82 valence electrons. The number of rotatable bonds is 5. The van der Waals surface area contributed by atoms with Gasteiger partial charge >= 0.3 is 5.97 Å². The molecule has 0 spiro atoms. The molecule has 15 heavy (non-hydrogen) atoms. The predicted molar refractivity (Wildman–Crippen MR) is 57.1 cm³/mol. The van der Waals surface area contributed by atoms with E-state index in [9.17, 15) is 4.79 Å². The lowest BCUT2D eigenvalue weighted by atomic mass is 10.2. The summed E-state index contributed by atoms with van der Waals surface area (Å²) in [5.41, 5.74) is 0.918. The van der Waals surface area contributed by atoms with E-state index in [-0.39, 0.29) is 19.2 Å². The van der Waals surface area contributed by atoms with Crippen molar-refractivity contribution in [2.45, 2.75) is 13.0 Å². The Morgan fingerprint density at radius 1 is 1.27 bits per heavy atom. The first-order valence-corrected chi connectivity index (χ1v) is 5.96. The van der Waals surface area contributed by atoms with Crippen LogP contribution in [0.1, 0.15) is 12.0 Å². The zero-order chi connectivity index (χ0) is 11.1. The largest absolute Gasteiger partial charge is 0.461 e. The molecule has 0 aromatic heterocycles. The van der Waals surface area contributed by atoms with Crippen LogP contribution in [0.15, 0.2) is 30.3 Å². The van der Waals surface area contributed by atoms with Gasteiger partial charge in [0, 0.05) is 6.16 Å². The molecule has 0 aliphatic rings. The van der Waals surface area contributed by atoms with Gasteiger partial charge in [-0.2, -0.15) is 0 Å². The van der Waals surface area contributed by atoms with Gasteiger partial charge in [0.1, 0.15) is 6.61 Å². The van der Waals surface area contributed by atoms with Crippen molar-refractivity contribution in [1.29, 1.82) is 0 Å². The maximum Gasteiger partial charge on any atom is 0.306 e. The maximum atomic E-state index is 11.1. The molecule has 0 fully saturated rings. The molecular formula is C10H13O4P. The van der Waals surface area contributed by atoms with E-state index < -0.39 is 14.3 Å². The Morgan fingerprint density at radius 3 is 2.53 bits per heavy atom. The highest BCUT2D eigenvalue weighted by Crippen LogP contribution is 2.23. The van der Waals surface area contributed by atoms with Crippen molar-refractivity contribution in [2.24, 2.45) is 0 Å². The summed E-state index contributed by atoms with van der Waals surface area (Å²) in [5.74, 6) is -0.408. The quantitative estimate of drug-likeness (QED) is 0.590. The van der Waals surface area contributed by atoms with Crippen LogP contribution in [0.3, 0.4) is 0 Å². The first-order chi connectivity index (χ1) is 7.18. The minimum absolute atomic E-state index is 0.0472. The number of benzene rings is 1. The molecule has 0 heterocycles. The SMILES string of the molecule is O=C(CCP(O)O)OCc1ccccc1. The summed E-state index contributed by atoms with van der Waals surface area (Å²) in [4.78, 5) is 28.3. The highest BCUT2D eigenvalue weighted by molar-refractivity contribution is 7.45. The van der Waals surface area contributed by atoms with Crippen molar-refractivity contribution >= 4 is 14.3 Å². The van der Waals surface area contributed by atoms with Crippen LogP contribution < -0.4 is 0 Å². The number of hydrogen-bond donors (Lipinski definition) is 2. The first kappa shape index (κ1) is 12.1. The number of carbonyl (C=O) groups excluding carboxylic acids is 1. The molecule has 0 radical (unpaired) electrons. The second-order valence-corrected chi connectivity index (χ2v) is 4.18. The molecule has 4 nitrogen and oxygen atoms in total. The van der Waals surface area contributed by atoms with Gasteiger partial charge in [-0.3, -0.25) is 4.79 Å². The minimum atomic E-state index is -2.00. The third kappa shape index (κ3) is 5.47. The van der Waals surface area contributed by atoms with Crippen molar-refractivity contribution < 1.29 is 19.3 Å². The summed E-state index contributed by atoms with van der Waals surface area (Å²) >= 11 is 0. The van der Waals surface area contributed by atoms with Crippen molar-refractivity contribution in [3.63, 3.8) is 0 Å². The molecule has 0 bridgehead atoms. The van der Waals surface area contributed by atoms with E-state index in [1.165, 1.54) is 0 Å². The Hall–Kier alpha value is -0.960. The van der Waals surface area contributed by atoms with Crippen molar-refractivity contribution in [3.8, 4) is 0 Å². The van der Waals surface area contributed by atoms with Gasteiger partial charge in [-0.1, -0.05) is 30.3 Å². The summed E-state index contributed by atoms with van der Waals surface area (Å²) in [5, 5.41) is 0. The van der Waals surface area contributed by atoms with E-state index in [0.717, 1.165) is 5.56 Å². The van der Waals surface area contributed by atoms with Gasteiger partial charge in [-0.15, -0.1) is 0 Å². The monoisotopic (exact) mass is 228 g/mol. The maximum absolute atomic E-state index is 11.1. The number of esters is 1. The van der Waals surface area contributed by atoms with Crippen LogP contribution in [-0.4, -0.2) is 21.9 Å². The highest BCUT2D eigenvalue weighted by Gasteiger charge is 2.06. The summed E-state index contributed by atoms with van der Waals surface area (Å²) in [6.07, 6.45) is 0.120. The summed E-state index contributed by atoms with van der Waals surface area (Å²) in [7, 11) is -2.00. The van der Waals surface area contributed by atoms with Gasteiger partial charge in [0.25, 0.3) is 0 Å². The summed E-state index contributed by atoms with van der Waals surface area (Å²) < 4.78 is 4.93. The number of carbonyl (C=O) groups is 1. The van der Waals surface area contributed by atoms with E-state index >= 15 is 0 Å². The molecule has 0 saturated carbocycles. The van der Waals surface area contributed by atoms with E-state index in [2.05, 4.69) is 0 Å². The van der Waals surface area contributed by atoms with E-state index in [0.29, 0.717) is 0 Å². The van der Waals surface area contributed by atoms with Crippen LogP contribution in [0.4, 0.5) is 0 Å². The summed E-state index contributed by atoms with van der Waals surface area (Å²) in [6, 6.07) is 9.33. The molecule has 1 aromatic carbocycles. The van der Waals surface area contributed by atoms with Gasteiger partial charge in [0.15, 0.2) is 8.38 Å². The zero-order valence-corrected chi connectivity index (χ0v) is 9.06. The summed E-state index contributed by atoms with van der Waals surface area (Å²) in [6.45, 7) is 0.231. The molecule has 0 aliphatic heterocycles. The minimum Gasteiger partial charge on any atom is -0.461 e. The Labute approximate surface area is 89.4 Å². The van der Waals surface area contributed by atoms with Crippen molar-refractivity contribution in [1.82, 2.24) is 0 Å². The third-order valence-corrected chi connectivity index (χ3v) is 2.38. The van der Waals surface area contributed by atoms with Crippen LogP contribution in [0.5, 0.6) is 0 Å². The van der Waals surface area contributed by atoms with Gasteiger partial charge in [0.2, 0.25) is 0 Å². The Morgan fingerprint density at radius 2 is 1.93 bits per heavy atom. The average Bonchev–Trinajstić information content (AvgIpc) is 2.25. The Balaban J connectivity index is 2.23. The normalized spacial score (nSPS) is 10.3. The highest BCUT2D eigenvalue weighted by atomic mass is 31.2. The second-order valence-electron chi connectivity index (χ2n) is 2.99. The molecule has 1 rings (SSSR count). The molecular weight excluding hydrogens is 215 g/mol. The topological polar surface area (TPSA) is 66.8 Å². The fourth-order valence-corrected chi connectivity index (χ4v) is 1.38. The van der Waals surface area contributed by atoms with Gasteiger partial charge in [-0.05, 0) is 5.56 Å². The first-order valence-electron chi connectivity index (χ1n) is 4.53. The van der Waals surface area contributed by atoms with Crippen molar-refractivity contribution in [2.75, 3.05) is 6.16 Å². The smallest absolute Gasteiger partial charge is 0.306 e. The lowest BCUT2D eigenvalue weighted by molar-refractivity contribution is -0.144. The van der Waals surface area contributed by atoms with Crippen molar-refractivity contribution in [3.05, 3.63) is 35.9 Å².